The standard InChI is InChI=1S/C16H23N5O2/c1-12(2)23-15-5-4-14(8-18-15)9-19-16(22)20-13(3)10-21-7-6-17-11-21/h4-8,11-13H,9-10H2,1-3H3,(H2,19,20,22)/t13-/m0/s1. The van der Waals surface area contributed by atoms with Crippen LogP contribution in [-0.2, 0) is 13.1 Å². The van der Waals surface area contributed by atoms with Crippen molar-refractivity contribution in [3.63, 3.8) is 0 Å². The lowest BCUT2D eigenvalue weighted by Gasteiger charge is -2.15. The molecule has 2 aromatic heterocycles. The van der Waals surface area contributed by atoms with Crippen LogP contribution in [0.1, 0.15) is 26.3 Å². The van der Waals surface area contributed by atoms with Gasteiger partial charge >= 0.3 is 6.03 Å². The molecule has 0 unspecified atom stereocenters. The Morgan fingerprint density at radius 1 is 1.35 bits per heavy atom. The highest BCUT2D eigenvalue weighted by atomic mass is 16.5. The third-order valence-electron chi connectivity index (χ3n) is 3.03. The quantitative estimate of drug-likeness (QED) is 0.818. The van der Waals surface area contributed by atoms with Crippen LogP contribution in [0.25, 0.3) is 0 Å². The maximum absolute atomic E-state index is 11.9. The van der Waals surface area contributed by atoms with Gasteiger partial charge in [0.25, 0.3) is 0 Å². The molecule has 0 radical (unpaired) electrons. The first-order chi connectivity index (χ1) is 11.0. The molecule has 1 atom stereocenters. The number of amides is 2. The molecule has 0 spiro atoms. The van der Waals surface area contributed by atoms with Gasteiger partial charge in [-0.3, -0.25) is 0 Å². The maximum Gasteiger partial charge on any atom is 0.315 e. The molecular formula is C16H23N5O2. The summed E-state index contributed by atoms with van der Waals surface area (Å²) in [7, 11) is 0. The zero-order chi connectivity index (χ0) is 16.7. The molecule has 0 aliphatic rings. The Morgan fingerprint density at radius 3 is 2.78 bits per heavy atom. The molecule has 0 saturated heterocycles. The molecule has 0 saturated carbocycles. The Bertz CT molecular complexity index is 595. The number of aromatic nitrogens is 3. The highest BCUT2D eigenvalue weighted by Crippen LogP contribution is 2.09. The van der Waals surface area contributed by atoms with E-state index in [1.54, 1.807) is 24.8 Å². The van der Waals surface area contributed by atoms with Crippen LogP contribution in [0.3, 0.4) is 0 Å². The predicted molar refractivity (Wildman–Crippen MR) is 87.1 cm³/mol. The van der Waals surface area contributed by atoms with Crippen LogP contribution in [0.15, 0.2) is 37.1 Å². The first kappa shape index (κ1) is 16.8. The minimum Gasteiger partial charge on any atom is -0.475 e. The van der Waals surface area contributed by atoms with Crippen LogP contribution < -0.4 is 15.4 Å². The van der Waals surface area contributed by atoms with Crippen LogP contribution in [0.4, 0.5) is 4.79 Å². The van der Waals surface area contributed by atoms with Crippen molar-refractivity contribution < 1.29 is 9.53 Å². The molecular weight excluding hydrogens is 294 g/mol. The Balaban J connectivity index is 1.73. The van der Waals surface area contributed by atoms with Gasteiger partial charge < -0.3 is 19.9 Å². The molecule has 2 N–H and O–H groups in total. The number of carbonyl (C=O) groups is 1. The largest absolute Gasteiger partial charge is 0.475 e. The van der Waals surface area contributed by atoms with Gasteiger partial charge in [-0.25, -0.2) is 14.8 Å². The molecule has 0 aliphatic heterocycles. The van der Waals surface area contributed by atoms with E-state index in [1.165, 1.54) is 0 Å². The third-order valence-corrected chi connectivity index (χ3v) is 3.03. The van der Waals surface area contributed by atoms with Gasteiger partial charge in [0.2, 0.25) is 5.88 Å². The summed E-state index contributed by atoms with van der Waals surface area (Å²) in [5.74, 6) is 0.585. The van der Waals surface area contributed by atoms with Crippen molar-refractivity contribution in [3.05, 3.63) is 42.6 Å². The van der Waals surface area contributed by atoms with Crippen molar-refractivity contribution in [2.75, 3.05) is 0 Å². The van der Waals surface area contributed by atoms with Crippen LogP contribution >= 0.6 is 0 Å². The summed E-state index contributed by atoms with van der Waals surface area (Å²) < 4.78 is 7.40. The van der Waals surface area contributed by atoms with Gasteiger partial charge in [-0.2, -0.15) is 0 Å². The van der Waals surface area contributed by atoms with Crippen molar-refractivity contribution in [2.45, 2.75) is 46.0 Å². The smallest absolute Gasteiger partial charge is 0.315 e. The fourth-order valence-corrected chi connectivity index (χ4v) is 2.04. The number of nitrogens with zero attached hydrogens (tertiary/aromatic N) is 3. The van der Waals surface area contributed by atoms with Crippen molar-refractivity contribution in [2.24, 2.45) is 0 Å². The SMILES string of the molecule is CC(C)Oc1ccc(CNC(=O)N[C@@H](C)Cn2ccnc2)cn1. The molecule has 2 heterocycles. The number of hydrogen-bond acceptors (Lipinski definition) is 4. The number of ether oxygens (including phenoxy) is 1. The minimum absolute atomic E-state index is 0.00384. The number of imidazole rings is 1. The molecule has 2 amide bonds. The number of carbonyl (C=O) groups excluding carboxylic acids is 1. The predicted octanol–water partition coefficient (Wildman–Crippen LogP) is 1.95. The Morgan fingerprint density at radius 2 is 2.17 bits per heavy atom. The lowest BCUT2D eigenvalue weighted by molar-refractivity contribution is 0.232. The molecule has 7 nitrogen and oxygen atoms in total. The number of urea groups is 1. The summed E-state index contributed by atoms with van der Waals surface area (Å²) in [6.45, 7) is 6.94. The number of hydrogen-bond donors (Lipinski definition) is 2. The second kappa shape index (κ2) is 8.17. The summed E-state index contributed by atoms with van der Waals surface area (Å²) in [6, 6.07) is 3.49. The van der Waals surface area contributed by atoms with Crippen LogP contribution in [0, 0.1) is 0 Å². The number of nitrogens with one attached hydrogen (secondary N) is 2. The van der Waals surface area contributed by atoms with Crippen LogP contribution in [0.2, 0.25) is 0 Å². The Labute approximate surface area is 136 Å². The molecule has 2 rings (SSSR count). The molecule has 124 valence electrons. The molecule has 23 heavy (non-hydrogen) atoms. The van der Waals surface area contributed by atoms with E-state index in [-0.39, 0.29) is 18.2 Å². The van der Waals surface area contributed by atoms with E-state index in [1.807, 2.05) is 37.6 Å². The fraction of sp³-hybridized carbons (Fsp3) is 0.438. The summed E-state index contributed by atoms with van der Waals surface area (Å²) in [5, 5.41) is 5.70. The van der Waals surface area contributed by atoms with Crippen molar-refractivity contribution >= 4 is 6.03 Å². The zero-order valence-corrected chi connectivity index (χ0v) is 13.7. The van der Waals surface area contributed by atoms with E-state index < -0.39 is 0 Å². The van der Waals surface area contributed by atoms with Crippen LogP contribution in [-0.4, -0.2) is 32.7 Å². The lowest BCUT2D eigenvalue weighted by Crippen LogP contribution is -2.42. The molecule has 0 fully saturated rings. The zero-order valence-electron chi connectivity index (χ0n) is 13.7. The van der Waals surface area contributed by atoms with Gasteiger partial charge in [0.05, 0.1) is 12.4 Å². The van der Waals surface area contributed by atoms with E-state index in [0.717, 1.165) is 5.56 Å². The molecule has 0 aliphatic carbocycles. The monoisotopic (exact) mass is 317 g/mol. The van der Waals surface area contributed by atoms with Crippen molar-refractivity contribution in [1.82, 2.24) is 25.2 Å². The van der Waals surface area contributed by atoms with Crippen molar-refractivity contribution in [1.29, 1.82) is 0 Å². The molecule has 0 aromatic carbocycles. The highest BCUT2D eigenvalue weighted by molar-refractivity contribution is 5.74. The minimum atomic E-state index is -0.208. The van der Waals surface area contributed by atoms with Gasteiger partial charge in [-0.05, 0) is 26.3 Å². The molecule has 2 aromatic rings. The van der Waals surface area contributed by atoms with E-state index >= 15 is 0 Å². The number of rotatable bonds is 7. The summed E-state index contributed by atoms with van der Waals surface area (Å²) in [4.78, 5) is 20.1. The maximum atomic E-state index is 11.9. The lowest BCUT2D eigenvalue weighted by atomic mass is 10.3. The van der Waals surface area contributed by atoms with Gasteiger partial charge in [0, 0.05) is 43.8 Å². The fourth-order valence-electron chi connectivity index (χ4n) is 2.04. The van der Waals surface area contributed by atoms with Gasteiger partial charge in [-0.15, -0.1) is 0 Å². The first-order valence-electron chi connectivity index (χ1n) is 7.64. The summed E-state index contributed by atoms with van der Waals surface area (Å²) in [6.07, 6.45) is 7.10. The first-order valence-corrected chi connectivity index (χ1v) is 7.64. The number of pyridine rings is 1. The second-order valence-corrected chi connectivity index (χ2v) is 5.66. The molecule has 7 heteroatoms. The summed E-state index contributed by atoms with van der Waals surface area (Å²) in [5.41, 5.74) is 0.915. The van der Waals surface area contributed by atoms with Gasteiger partial charge in [-0.1, -0.05) is 6.07 Å². The highest BCUT2D eigenvalue weighted by Gasteiger charge is 2.07. The normalized spacial score (nSPS) is 12.0. The van der Waals surface area contributed by atoms with Gasteiger partial charge in [0.1, 0.15) is 0 Å². The van der Waals surface area contributed by atoms with Crippen LogP contribution in [0.5, 0.6) is 5.88 Å². The average molecular weight is 317 g/mol. The van der Waals surface area contributed by atoms with E-state index in [9.17, 15) is 4.79 Å². The van der Waals surface area contributed by atoms with E-state index in [2.05, 4.69) is 20.6 Å². The van der Waals surface area contributed by atoms with Gasteiger partial charge in [0.15, 0.2) is 0 Å². The van der Waals surface area contributed by atoms with E-state index in [4.69, 9.17) is 4.74 Å². The Hall–Kier alpha value is -2.57. The topological polar surface area (TPSA) is 81.1 Å². The molecule has 0 bridgehead atoms. The summed E-state index contributed by atoms with van der Waals surface area (Å²) >= 11 is 0. The van der Waals surface area contributed by atoms with Crippen molar-refractivity contribution in [3.8, 4) is 5.88 Å². The Kier molecular flexibility index (Phi) is 5.96. The average Bonchev–Trinajstić information content (AvgIpc) is 2.98. The third kappa shape index (κ3) is 5.98. The second-order valence-electron chi connectivity index (χ2n) is 5.66. The van der Waals surface area contributed by atoms with E-state index in [0.29, 0.717) is 19.0 Å².